The van der Waals surface area contributed by atoms with Crippen molar-refractivity contribution in [2.45, 2.75) is 11.6 Å². The van der Waals surface area contributed by atoms with E-state index in [-0.39, 0.29) is 6.04 Å². The van der Waals surface area contributed by atoms with Gasteiger partial charge in [-0.1, -0.05) is 58.6 Å². The summed E-state index contributed by atoms with van der Waals surface area (Å²) in [5, 5.41) is 16.9. The van der Waals surface area contributed by atoms with Crippen molar-refractivity contribution < 1.29 is 0 Å². The van der Waals surface area contributed by atoms with Crippen LogP contribution in [0.2, 0.25) is 10.0 Å². The van der Waals surface area contributed by atoms with Crippen molar-refractivity contribution in [3.63, 3.8) is 0 Å². The number of hydrogen-bond donors (Lipinski definition) is 2. The quantitative estimate of drug-likeness (QED) is 0.363. The standard InChI is InChI=1S/C25H20Cl2N8/c1-34-14-29-13-22(34)25(28,16-5-8-18(26)9-6-16)17-7-10-21-20(12-17)23(15-3-2-4-19(27)11-15)35-24(30-21)31-32-33-35/h2-14,23H,28H2,1H3,(H,30,31,33). The lowest BCUT2D eigenvalue weighted by molar-refractivity contribution is 0.563. The number of benzene rings is 3. The maximum absolute atomic E-state index is 7.28. The predicted octanol–water partition coefficient (Wildman–Crippen LogP) is 4.66. The van der Waals surface area contributed by atoms with E-state index >= 15 is 0 Å². The molecule has 2 atom stereocenters. The predicted molar refractivity (Wildman–Crippen MR) is 135 cm³/mol. The molecule has 10 heteroatoms. The van der Waals surface area contributed by atoms with Crippen molar-refractivity contribution >= 4 is 34.8 Å². The second-order valence-corrected chi connectivity index (χ2v) is 9.41. The van der Waals surface area contributed by atoms with Crippen LogP contribution in [0.4, 0.5) is 11.6 Å². The number of imidazole rings is 1. The van der Waals surface area contributed by atoms with Crippen molar-refractivity contribution in [3.05, 3.63) is 117 Å². The van der Waals surface area contributed by atoms with Crippen molar-refractivity contribution in [2.75, 3.05) is 5.32 Å². The highest BCUT2D eigenvalue weighted by molar-refractivity contribution is 6.30. The Bertz CT molecular complexity index is 1540. The Hall–Kier alpha value is -3.72. The van der Waals surface area contributed by atoms with Gasteiger partial charge in [0, 0.05) is 28.3 Å². The van der Waals surface area contributed by atoms with Gasteiger partial charge in [0.25, 0.3) is 0 Å². The Morgan fingerprint density at radius 2 is 1.77 bits per heavy atom. The minimum atomic E-state index is -0.995. The van der Waals surface area contributed by atoms with Gasteiger partial charge < -0.3 is 15.6 Å². The zero-order valence-corrected chi connectivity index (χ0v) is 20.1. The summed E-state index contributed by atoms with van der Waals surface area (Å²) in [6.07, 6.45) is 3.54. The number of nitrogens with two attached hydrogens (primary N) is 1. The first-order valence-corrected chi connectivity index (χ1v) is 11.7. The molecule has 1 aliphatic rings. The molecule has 3 heterocycles. The molecule has 3 N–H and O–H groups in total. The van der Waals surface area contributed by atoms with Gasteiger partial charge in [0.1, 0.15) is 11.6 Å². The van der Waals surface area contributed by atoms with Gasteiger partial charge in [-0.25, -0.2) is 4.98 Å². The lowest BCUT2D eigenvalue weighted by Gasteiger charge is -2.34. The maximum atomic E-state index is 7.28. The zero-order valence-electron chi connectivity index (χ0n) is 18.6. The number of hydrogen-bond acceptors (Lipinski definition) is 6. The summed E-state index contributed by atoms with van der Waals surface area (Å²) < 4.78 is 3.68. The minimum absolute atomic E-state index is 0.295. The number of nitrogens with zero attached hydrogens (tertiary/aromatic N) is 6. The van der Waals surface area contributed by atoms with Crippen molar-refractivity contribution in [1.29, 1.82) is 0 Å². The summed E-state index contributed by atoms with van der Waals surface area (Å²) in [6.45, 7) is 0. The molecule has 35 heavy (non-hydrogen) atoms. The van der Waals surface area contributed by atoms with E-state index < -0.39 is 5.54 Å². The van der Waals surface area contributed by atoms with Gasteiger partial charge in [0.2, 0.25) is 5.95 Å². The first-order chi connectivity index (χ1) is 16.9. The summed E-state index contributed by atoms with van der Waals surface area (Å²) in [7, 11) is 1.93. The van der Waals surface area contributed by atoms with Crippen molar-refractivity contribution in [3.8, 4) is 0 Å². The van der Waals surface area contributed by atoms with E-state index in [1.807, 2.05) is 72.3 Å². The SMILES string of the molecule is Cn1cncc1C(N)(c1ccc(Cl)cc1)c1ccc2c(c1)C(c1cccc(Cl)c1)n1nnnc1N2. The molecule has 2 unspecified atom stereocenters. The number of anilines is 2. The van der Waals surface area contributed by atoms with Crippen LogP contribution in [0.25, 0.3) is 0 Å². The van der Waals surface area contributed by atoms with E-state index in [1.165, 1.54) is 0 Å². The Morgan fingerprint density at radius 3 is 2.51 bits per heavy atom. The second kappa shape index (κ2) is 8.20. The third kappa shape index (κ3) is 3.49. The number of aromatic nitrogens is 6. The van der Waals surface area contributed by atoms with E-state index in [0.717, 1.165) is 33.6 Å². The molecule has 3 aromatic carbocycles. The Labute approximate surface area is 211 Å². The number of rotatable bonds is 4. The second-order valence-electron chi connectivity index (χ2n) is 8.54. The van der Waals surface area contributed by atoms with Crippen LogP contribution in [0.5, 0.6) is 0 Å². The Morgan fingerprint density at radius 1 is 0.971 bits per heavy atom. The van der Waals surface area contributed by atoms with Crippen molar-refractivity contribution in [2.24, 2.45) is 12.8 Å². The highest BCUT2D eigenvalue weighted by atomic mass is 35.5. The number of tetrazole rings is 1. The third-order valence-corrected chi connectivity index (χ3v) is 6.96. The highest BCUT2D eigenvalue weighted by Gasteiger charge is 2.37. The van der Waals surface area contributed by atoms with E-state index in [2.05, 4.69) is 31.9 Å². The molecule has 0 saturated heterocycles. The van der Waals surface area contributed by atoms with Gasteiger partial charge in [0.05, 0.1) is 18.2 Å². The number of fused-ring (bicyclic) bond motifs is 2. The van der Waals surface area contributed by atoms with Gasteiger partial charge >= 0.3 is 0 Å². The lowest BCUT2D eigenvalue weighted by atomic mass is 9.79. The average molecular weight is 503 g/mol. The van der Waals surface area contributed by atoms with Gasteiger partial charge in [0.15, 0.2) is 0 Å². The molecule has 0 radical (unpaired) electrons. The monoisotopic (exact) mass is 502 g/mol. The van der Waals surface area contributed by atoms with E-state index in [4.69, 9.17) is 28.9 Å². The maximum Gasteiger partial charge on any atom is 0.248 e. The van der Waals surface area contributed by atoms with Gasteiger partial charge in [-0.3, -0.25) is 0 Å². The highest BCUT2D eigenvalue weighted by Crippen LogP contribution is 2.42. The smallest absolute Gasteiger partial charge is 0.248 e. The minimum Gasteiger partial charge on any atom is -0.336 e. The molecular formula is C25H20Cl2N8. The van der Waals surface area contributed by atoms with E-state index in [0.29, 0.717) is 16.0 Å². The molecule has 174 valence electrons. The third-order valence-electron chi connectivity index (χ3n) is 6.47. The molecule has 0 aliphatic carbocycles. The molecule has 0 saturated carbocycles. The summed E-state index contributed by atoms with van der Waals surface area (Å²) in [5.74, 6) is 0.554. The summed E-state index contributed by atoms with van der Waals surface area (Å²) in [5.41, 5.74) is 11.7. The first-order valence-electron chi connectivity index (χ1n) is 10.9. The molecule has 0 amide bonds. The van der Waals surface area contributed by atoms with Crippen LogP contribution in [0.15, 0.2) is 79.3 Å². The fraction of sp³-hybridized carbons (Fsp3) is 0.120. The zero-order chi connectivity index (χ0) is 24.2. The lowest BCUT2D eigenvalue weighted by Crippen LogP contribution is -2.41. The summed E-state index contributed by atoms with van der Waals surface area (Å²) in [6, 6.07) is 21.1. The normalized spacial score (nSPS) is 16.2. The molecule has 2 aromatic heterocycles. The number of nitrogens with one attached hydrogen (secondary N) is 1. The van der Waals surface area contributed by atoms with E-state index in [9.17, 15) is 0 Å². The van der Waals surface area contributed by atoms with Crippen molar-refractivity contribution in [1.82, 2.24) is 29.8 Å². The van der Waals surface area contributed by atoms with Gasteiger partial charge in [-0.15, -0.1) is 0 Å². The molecule has 1 aliphatic heterocycles. The first kappa shape index (κ1) is 21.8. The fourth-order valence-electron chi connectivity index (χ4n) is 4.76. The van der Waals surface area contributed by atoms with Crippen LogP contribution in [-0.2, 0) is 12.6 Å². The largest absolute Gasteiger partial charge is 0.336 e. The molecule has 0 fully saturated rings. The number of aryl methyl sites for hydroxylation is 1. The van der Waals surface area contributed by atoms with Crippen LogP contribution < -0.4 is 11.1 Å². The topological polar surface area (TPSA) is 99.5 Å². The van der Waals surface area contributed by atoms with Crippen LogP contribution in [0, 0.1) is 0 Å². The Balaban J connectivity index is 1.58. The van der Waals surface area contributed by atoms with Crippen LogP contribution in [-0.4, -0.2) is 29.8 Å². The molecule has 0 bridgehead atoms. The summed E-state index contributed by atoms with van der Waals surface area (Å²) >= 11 is 12.6. The fourth-order valence-corrected chi connectivity index (χ4v) is 5.08. The Kier molecular flexibility index (Phi) is 5.10. The van der Waals surface area contributed by atoms with Gasteiger partial charge in [-0.05, 0) is 63.5 Å². The molecule has 5 aromatic rings. The molecule has 0 spiro atoms. The summed E-state index contributed by atoms with van der Waals surface area (Å²) in [4.78, 5) is 4.34. The van der Waals surface area contributed by atoms with E-state index in [1.54, 1.807) is 17.2 Å². The number of halogens is 2. The van der Waals surface area contributed by atoms with Gasteiger partial charge in [-0.2, -0.15) is 4.68 Å². The average Bonchev–Trinajstić information content (AvgIpc) is 3.51. The molecular weight excluding hydrogens is 483 g/mol. The van der Waals surface area contributed by atoms with Crippen LogP contribution >= 0.6 is 23.2 Å². The molecule has 8 nitrogen and oxygen atoms in total. The van der Waals surface area contributed by atoms with Crippen LogP contribution in [0.3, 0.4) is 0 Å². The van der Waals surface area contributed by atoms with Crippen LogP contribution in [0.1, 0.15) is 34.0 Å². The molecule has 6 rings (SSSR count).